The third-order valence-corrected chi connectivity index (χ3v) is 2.25. The molecule has 0 saturated carbocycles. The van der Waals surface area contributed by atoms with Gasteiger partial charge in [-0.05, 0) is 20.4 Å². The van der Waals surface area contributed by atoms with E-state index >= 15 is 0 Å². The van der Waals surface area contributed by atoms with Crippen LogP contribution in [0, 0.1) is 0 Å². The molecule has 0 radical (unpaired) electrons. The number of aliphatic hydroxyl groups is 1. The molecule has 0 spiro atoms. The molecule has 0 fully saturated rings. The van der Waals surface area contributed by atoms with E-state index < -0.39 is 0 Å². The van der Waals surface area contributed by atoms with E-state index in [1.807, 2.05) is 0 Å². The van der Waals surface area contributed by atoms with Crippen molar-refractivity contribution in [2.75, 3.05) is 13.7 Å². The molecule has 10 heavy (non-hydrogen) atoms. The van der Waals surface area contributed by atoms with Crippen LogP contribution in [-0.2, 0) is 0 Å². The Balaban J connectivity index is 2.56. The van der Waals surface area contributed by atoms with Crippen molar-refractivity contribution in [3.05, 3.63) is 12.2 Å². The Kier molecular flexibility index (Phi) is 2.46. The van der Waals surface area contributed by atoms with Gasteiger partial charge in [0.1, 0.15) is 0 Å². The molecule has 1 aliphatic heterocycles. The lowest BCUT2D eigenvalue weighted by Gasteiger charge is -2.32. The molecular weight excluding hydrogens is 126 g/mol. The molecule has 2 nitrogen and oxygen atoms in total. The quantitative estimate of drug-likeness (QED) is 0.541. The Morgan fingerprint density at radius 1 is 1.70 bits per heavy atom. The van der Waals surface area contributed by atoms with Gasteiger partial charge in [-0.25, -0.2) is 0 Å². The van der Waals surface area contributed by atoms with Crippen LogP contribution in [0.1, 0.15) is 13.3 Å². The van der Waals surface area contributed by atoms with Crippen LogP contribution in [-0.4, -0.2) is 35.7 Å². The van der Waals surface area contributed by atoms with E-state index in [9.17, 15) is 0 Å². The van der Waals surface area contributed by atoms with Crippen LogP contribution in [0.4, 0.5) is 0 Å². The second-order valence-electron chi connectivity index (χ2n) is 2.91. The highest BCUT2D eigenvalue weighted by molar-refractivity contribution is 5.00. The molecule has 0 aromatic rings. The lowest BCUT2D eigenvalue weighted by molar-refractivity contribution is 0.125. The van der Waals surface area contributed by atoms with Crippen molar-refractivity contribution in [3.63, 3.8) is 0 Å². The van der Waals surface area contributed by atoms with E-state index in [2.05, 4.69) is 31.0 Å². The number of aliphatic hydroxyl groups excluding tert-OH is 1. The summed E-state index contributed by atoms with van der Waals surface area (Å²) in [7, 11) is 2.05. The van der Waals surface area contributed by atoms with Gasteiger partial charge in [-0.3, -0.25) is 4.90 Å². The molecule has 0 aromatic heterocycles. The van der Waals surface area contributed by atoms with Gasteiger partial charge in [0, 0.05) is 12.1 Å². The van der Waals surface area contributed by atoms with E-state index in [-0.39, 0.29) is 6.61 Å². The predicted molar refractivity (Wildman–Crippen MR) is 41.9 cm³/mol. The second-order valence-corrected chi connectivity index (χ2v) is 2.91. The summed E-state index contributed by atoms with van der Waals surface area (Å²) >= 11 is 0. The maximum Gasteiger partial charge on any atom is 0.0589 e. The lowest BCUT2D eigenvalue weighted by Crippen LogP contribution is -2.41. The first kappa shape index (κ1) is 7.76. The fourth-order valence-corrected chi connectivity index (χ4v) is 1.27. The summed E-state index contributed by atoms with van der Waals surface area (Å²) in [6, 6.07) is 0.811. The van der Waals surface area contributed by atoms with Crippen molar-refractivity contribution < 1.29 is 5.11 Å². The Bertz CT molecular complexity index is 133. The largest absolute Gasteiger partial charge is 0.395 e. The van der Waals surface area contributed by atoms with Crippen LogP contribution in [0.25, 0.3) is 0 Å². The monoisotopic (exact) mass is 141 g/mol. The third kappa shape index (κ3) is 1.39. The minimum Gasteiger partial charge on any atom is -0.395 e. The van der Waals surface area contributed by atoms with E-state index in [0.717, 1.165) is 6.42 Å². The van der Waals surface area contributed by atoms with Crippen molar-refractivity contribution in [3.8, 4) is 0 Å². The molecule has 2 heteroatoms. The van der Waals surface area contributed by atoms with Gasteiger partial charge in [0.05, 0.1) is 6.61 Å². The van der Waals surface area contributed by atoms with E-state index in [0.29, 0.717) is 12.1 Å². The van der Waals surface area contributed by atoms with Gasteiger partial charge in [-0.15, -0.1) is 0 Å². The third-order valence-electron chi connectivity index (χ3n) is 2.25. The predicted octanol–water partition coefficient (Wildman–Crippen LogP) is 0.627. The van der Waals surface area contributed by atoms with Gasteiger partial charge in [0.2, 0.25) is 0 Å². The maximum absolute atomic E-state index is 8.90. The first-order valence-corrected chi connectivity index (χ1v) is 3.75. The molecule has 0 bridgehead atoms. The topological polar surface area (TPSA) is 23.5 Å². The number of nitrogens with zero attached hydrogens (tertiary/aromatic N) is 1. The van der Waals surface area contributed by atoms with Gasteiger partial charge in [0.15, 0.2) is 0 Å². The number of likely N-dealkylation sites (N-methyl/N-ethyl adjacent to an activating group) is 1. The number of rotatable bonds is 1. The summed E-state index contributed by atoms with van der Waals surface area (Å²) < 4.78 is 0. The van der Waals surface area contributed by atoms with Crippen LogP contribution in [0.15, 0.2) is 12.2 Å². The van der Waals surface area contributed by atoms with Crippen LogP contribution in [0.5, 0.6) is 0 Å². The Morgan fingerprint density at radius 2 is 2.40 bits per heavy atom. The summed E-state index contributed by atoms with van der Waals surface area (Å²) in [5.74, 6) is 0. The van der Waals surface area contributed by atoms with E-state index in [1.165, 1.54) is 0 Å². The second kappa shape index (κ2) is 3.17. The minimum atomic E-state index is 0.269. The molecule has 0 aromatic carbocycles. The van der Waals surface area contributed by atoms with E-state index in [1.54, 1.807) is 0 Å². The maximum atomic E-state index is 8.90. The molecule has 0 aliphatic carbocycles. The molecule has 1 aliphatic rings. The fraction of sp³-hybridized carbons (Fsp3) is 0.750. The smallest absolute Gasteiger partial charge is 0.0589 e. The van der Waals surface area contributed by atoms with Gasteiger partial charge < -0.3 is 5.11 Å². The van der Waals surface area contributed by atoms with Gasteiger partial charge in [-0.2, -0.15) is 0 Å². The zero-order valence-corrected chi connectivity index (χ0v) is 6.62. The number of hydrogen-bond donors (Lipinski definition) is 1. The normalized spacial score (nSPS) is 34.7. The van der Waals surface area contributed by atoms with Crippen LogP contribution in [0.2, 0.25) is 0 Å². The average Bonchev–Trinajstić information content (AvgIpc) is 1.95. The van der Waals surface area contributed by atoms with Crippen molar-refractivity contribution in [2.24, 2.45) is 0 Å². The lowest BCUT2D eigenvalue weighted by atomic mass is 10.1. The molecule has 1 rings (SSSR count). The van der Waals surface area contributed by atoms with Crippen molar-refractivity contribution in [1.29, 1.82) is 0 Å². The first-order valence-electron chi connectivity index (χ1n) is 3.75. The standard InChI is InChI=1S/C8H15NO/c1-7-4-3-5-8(6-10)9(7)2/h3-4,7-8,10H,5-6H2,1-2H3/t7-,8+/m1/s1. The SMILES string of the molecule is C[C@@H]1C=CC[C@@H](CO)N1C. The van der Waals surface area contributed by atoms with Gasteiger partial charge >= 0.3 is 0 Å². The average molecular weight is 141 g/mol. The molecule has 2 atom stereocenters. The van der Waals surface area contributed by atoms with Crippen LogP contribution < -0.4 is 0 Å². The molecule has 1 N–H and O–H groups in total. The summed E-state index contributed by atoms with van der Waals surface area (Å²) in [5.41, 5.74) is 0. The highest BCUT2D eigenvalue weighted by Crippen LogP contribution is 2.13. The van der Waals surface area contributed by atoms with Crippen molar-refractivity contribution >= 4 is 0 Å². The first-order chi connectivity index (χ1) is 4.75. The van der Waals surface area contributed by atoms with Crippen LogP contribution in [0.3, 0.4) is 0 Å². The van der Waals surface area contributed by atoms with Crippen LogP contribution >= 0.6 is 0 Å². The molecular formula is C8H15NO. The molecule has 0 saturated heterocycles. The zero-order valence-electron chi connectivity index (χ0n) is 6.62. The summed E-state index contributed by atoms with van der Waals surface area (Å²) in [4.78, 5) is 2.19. The summed E-state index contributed by atoms with van der Waals surface area (Å²) in [5, 5.41) is 8.90. The van der Waals surface area contributed by atoms with Crippen molar-refractivity contribution in [1.82, 2.24) is 4.90 Å². The molecule has 0 unspecified atom stereocenters. The number of hydrogen-bond acceptors (Lipinski definition) is 2. The Hall–Kier alpha value is -0.340. The Morgan fingerprint density at radius 3 is 2.90 bits per heavy atom. The summed E-state index contributed by atoms with van der Waals surface area (Å²) in [6.45, 7) is 2.41. The van der Waals surface area contributed by atoms with Gasteiger partial charge in [-0.1, -0.05) is 12.2 Å². The molecule has 58 valence electrons. The zero-order chi connectivity index (χ0) is 7.56. The highest BCUT2D eigenvalue weighted by Gasteiger charge is 2.19. The van der Waals surface area contributed by atoms with Crippen molar-refractivity contribution in [2.45, 2.75) is 25.4 Å². The Labute approximate surface area is 62.2 Å². The molecule has 0 amide bonds. The minimum absolute atomic E-state index is 0.269. The fourth-order valence-electron chi connectivity index (χ4n) is 1.27. The summed E-state index contributed by atoms with van der Waals surface area (Å²) in [6.07, 6.45) is 5.30. The highest BCUT2D eigenvalue weighted by atomic mass is 16.3. The molecule has 1 heterocycles. The van der Waals surface area contributed by atoms with Gasteiger partial charge in [0.25, 0.3) is 0 Å². The van der Waals surface area contributed by atoms with E-state index in [4.69, 9.17) is 5.11 Å².